The molecule has 7 rings (SSSR count). The van der Waals surface area contributed by atoms with E-state index < -0.39 is 18.4 Å². The SMILES string of the molecule is Nc1ncnc2c1nc(Nc1cc3ccc4cccc5ccc(c1)c3c45)n2C1C[C@H](O)[C@@H](CO)O1. The zero-order valence-electron chi connectivity index (χ0n) is 18.6. The van der Waals surface area contributed by atoms with Gasteiger partial charge in [-0.2, -0.15) is 0 Å². The predicted octanol–water partition coefficient (Wildman–Crippen LogP) is 3.69. The van der Waals surface area contributed by atoms with Crippen LogP contribution in [0.1, 0.15) is 12.6 Å². The molecular formula is C26H22N6O3. The smallest absolute Gasteiger partial charge is 0.211 e. The van der Waals surface area contributed by atoms with Crippen molar-refractivity contribution in [3.05, 3.63) is 60.9 Å². The van der Waals surface area contributed by atoms with Crippen LogP contribution in [0.15, 0.2) is 60.9 Å². The molecule has 0 saturated carbocycles. The molecule has 9 heteroatoms. The molecule has 5 N–H and O–H groups in total. The van der Waals surface area contributed by atoms with Crippen LogP contribution in [0, 0.1) is 0 Å². The Morgan fingerprint density at radius 2 is 1.69 bits per heavy atom. The zero-order valence-corrected chi connectivity index (χ0v) is 18.6. The van der Waals surface area contributed by atoms with Gasteiger partial charge in [-0.25, -0.2) is 15.0 Å². The number of nitrogens with two attached hydrogens (primary N) is 1. The second kappa shape index (κ2) is 7.47. The van der Waals surface area contributed by atoms with Crippen LogP contribution in [-0.2, 0) is 4.74 Å². The molecule has 1 aliphatic rings. The van der Waals surface area contributed by atoms with Gasteiger partial charge in [-0.1, -0.05) is 42.5 Å². The van der Waals surface area contributed by atoms with Crippen molar-refractivity contribution in [3.8, 4) is 0 Å². The maximum atomic E-state index is 10.3. The summed E-state index contributed by atoms with van der Waals surface area (Å²) in [5.74, 6) is 0.723. The van der Waals surface area contributed by atoms with Gasteiger partial charge in [0.25, 0.3) is 0 Å². The molecule has 0 amide bonds. The van der Waals surface area contributed by atoms with Crippen molar-refractivity contribution in [2.45, 2.75) is 24.9 Å². The Labute approximate surface area is 199 Å². The number of aliphatic hydroxyl groups is 2. The molecule has 174 valence electrons. The molecule has 35 heavy (non-hydrogen) atoms. The first-order valence-electron chi connectivity index (χ1n) is 11.5. The molecule has 1 saturated heterocycles. The lowest BCUT2D eigenvalue weighted by Crippen LogP contribution is -2.24. The van der Waals surface area contributed by atoms with Crippen molar-refractivity contribution in [2.24, 2.45) is 0 Å². The summed E-state index contributed by atoms with van der Waals surface area (Å²) >= 11 is 0. The van der Waals surface area contributed by atoms with E-state index in [2.05, 4.69) is 74.9 Å². The van der Waals surface area contributed by atoms with Crippen LogP contribution >= 0.6 is 0 Å². The van der Waals surface area contributed by atoms with Crippen LogP contribution < -0.4 is 11.1 Å². The van der Waals surface area contributed by atoms with E-state index in [1.165, 1.54) is 27.9 Å². The van der Waals surface area contributed by atoms with Gasteiger partial charge in [0.2, 0.25) is 5.95 Å². The summed E-state index contributed by atoms with van der Waals surface area (Å²) in [6, 6.07) is 19.1. The van der Waals surface area contributed by atoms with Gasteiger partial charge in [0, 0.05) is 12.1 Å². The van der Waals surface area contributed by atoms with Crippen molar-refractivity contribution in [3.63, 3.8) is 0 Å². The minimum atomic E-state index is -0.799. The number of fused-ring (bicyclic) bond motifs is 1. The van der Waals surface area contributed by atoms with Gasteiger partial charge in [-0.05, 0) is 44.5 Å². The fourth-order valence-corrected chi connectivity index (χ4v) is 5.28. The minimum Gasteiger partial charge on any atom is -0.394 e. The van der Waals surface area contributed by atoms with Crippen molar-refractivity contribution in [1.29, 1.82) is 0 Å². The summed E-state index contributed by atoms with van der Waals surface area (Å²) in [6.45, 7) is -0.277. The molecule has 0 aliphatic carbocycles. The lowest BCUT2D eigenvalue weighted by Gasteiger charge is -2.18. The third-order valence-corrected chi connectivity index (χ3v) is 6.90. The predicted molar refractivity (Wildman–Crippen MR) is 135 cm³/mol. The highest BCUT2D eigenvalue weighted by Crippen LogP contribution is 2.39. The highest BCUT2D eigenvalue weighted by atomic mass is 16.5. The number of imidazole rings is 1. The van der Waals surface area contributed by atoms with Gasteiger partial charge in [0.1, 0.15) is 18.7 Å². The van der Waals surface area contributed by atoms with Gasteiger partial charge in [-0.15, -0.1) is 0 Å². The monoisotopic (exact) mass is 466 g/mol. The Hall–Kier alpha value is -4.05. The topological polar surface area (TPSA) is 131 Å². The zero-order chi connectivity index (χ0) is 23.7. The number of ether oxygens (including phenoxy) is 1. The van der Waals surface area contributed by atoms with E-state index in [1.54, 1.807) is 4.57 Å². The number of benzene rings is 4. The average molecular weight is 467 g/mol. The molecular weight excluding hydrogens is 444 g/mol. The van der Waals surface area contributed by atoms with E-state index in [1.807, 2.05) is 0 Å². The Balaban J connectivity index is 1.38. The number of aliphatic hydroxyl groups excluding tert-OH is 2. The number of anilines is 3. The third kappa shape index (κ3) is 3.02. The fraction of sp³-hybridized carbons (Fsp3) is 0.192. The molecule has 1 aliphatic heterocycles. The van der Waals surface area contributed by atoms with E-state index in [0.29, 0.717) is 17.1 Å². The van der Waals surface area contributed by atoms with Gasteiger partial charge >= 0.3 is 0 Å². The second-order valence-corrected chi connectivity index (χ2v) is 8.98. The van der Waals surface area contributed by atoms with Crippen molar-refractivity contribution >= 4 is 60.9 Å². The molecule has 0 radical (unpaired) electrons. The Morgan fingerprint density at radius 3 is 2.37 bits per heavy atom. The highest BCUT2D eigenvalue weighted by molar-refractivity contribution is 6.23. The number of nitrogen functional groups attached to an aromatic ring is 1. The quantitative estimate of drug-likeness (QED) is 0.289. The molecule has 6 aromatic rings. The van der Waals surface area contributed by atoms with Gasteiger partial charge < -0.3 is 26.0 Å². The maximum Gasteiger partial charge on any atom is 0.211 e. The highest BCUT2D eigenvalue weighted by Gasteiger charge is 2.37. The van der Waals surface area contributed by atoms with Crippen LogP contribution in [0.5, 0.6) is 0 Å². The number of rotatable bonds is 4. The van der Waals surface area contributed by atoms with Gasteiger partial charge in [0.05, 0.1) is 12.7 Å². The van der Waals surface area contributed by atoms with Crippen molar-refractivity contribution < 1.29 is 14.9 Å². The summed E-state index contributed by atoms with van der Waals surface area (Å²) in [4.78, 5) is 13.1. The Bertz CT molecular complexity index is 1670. The number of aromatic nitrogens is 4. The standard InChI is InChI=1S/C26H22N6O3/c27-24-23-25(29-12-28-24)32(20-10-18(34)19(11-33)35-20)26(31-23)30-17-8-15-6-4-13-2-1-3-14-5-7-16(9-17)22(15)21(13)14/h1-9,12,18-20,33-34H,10-11H2,(H,30,31)(H2,27,28,29)/t18-,19+,20?/m0/s1. The Morgan fingerprint density at radius 1 is 1.00 bits per heavy atom. The molecule has 9 nitrogen and oxygen atoms in total. The molecule has 0 bridgehead atoms. The van der Waals surface area contributed by atoms with Gasteiger partial charge in [-0.3, -0.25) is 4.57 Å². The molecule has 3 heterocycles. The molecule has 4 aromatic carbocycles. The molecule has 1 unspecified atom stereocenters. The molecule has 3 atom stereocenters. The normalized spacial score (nSPS) is 20.6. The van der Waals surface area contributed by atoms with E-state index >= 15 is 0 Å². The molecule has 2 aromatic heterocycles. The van der Waals surface area contributed by atoms with Crippen molar-refractivity contribution in [2.75, 3.05) is 17.7 Å². The first-order chi connectivity index (χ1) is 17.1. The number of nitrogens with one attached hydrogen (secondary N) is 1. The number of hydrogen-bond donors (Lipinski definition) is 4. The summed E-state index contributed by atoms with van der Waals surface area (Å²) in [5, 5.41) is 30.5. The Kier molecular flexibility index (Phi) is 4.34. The fourth-order valence-electron chi connectivity index (χ4n) is 5.28. The lowest BCUT2D eigenvalue weighted by atomic mass is 9.94. The first kappa shape index (κ1) is 20.3. The number of hydrogen-bond acceptors (Lipinski definition) is 8. The first-order valence-corrected chi connectivity index (χ1v) is 11.5. The summed E-state index contributed by atoms with van der Waals surface area (Å²) < 4.78 is 7.71. The van der Waals surface area contributed by atoms with Crippen LogP contribution in [0.3, 0.4) is 0 Å². The largest absolute Gasteiger partial charge is 0.394 e. The summed E-state index contributed by atoms with van der Waals surface area (Å²) in [6.07, 6.45) is -0.388. The van der Waals surface area contributed by atoms with Crippen LogP contribution in [0.2, 0.25) is 0 Å². The second-order valence-electron chi connectivity index (χ2n) is 8.98. The summed E-state index contributed by atoms with van der Waals surface area (Å²) in [5.41, 5.74) is 7.88. The lowest BCUT2D eigenvalue weighted by molar-refractivity contribution is -0.0425. The average Bonchev–Trinajstić information content (AvgIpc) is 3.42. The minimum absolute atomic E-state index is 0.254. The van der Waals surface area contributed by atoms with E-state index in [0.717, 1.165) is 16.5 Å². The van der Waals surface area contributed by atoms with Gasteiger partial charge in [0.15, 0.2) is 17.0 Å². The van der Waals surface area contributed by atoms with E-state index in [-0.39, 0.29) is 18.8 Å². The molecule has 1 fully saturated rings. The summed E-state index contributed by atoms with van der Waals surface area (Å²) in [7, 11) is 0. The van der Waals surface area contributed by atoms with E-state index in [9.17, 15) is 10.2 Å². The number of nitrogens with zero attached hydrogens (tertiary/aromatic N) is 4. The third-order valence-electron chi connectivity index (χ3n) is 6.90. The maximum absolute atomic E-state index is 10.3. The van der Waals surface area contributed by atoms with Crippen LogP contribution in [0.4, 0.5) is 17.5 Å². The van der Waals surface area contributed by atoms with Crippen LogP contribution in [0.25, 0.3) is 43.5 Å². The van der Waals surface area contributed by atoms with Crippen LogP contribution in [-0.4, -0.2) is 48.5 Å². The molecule has 0 spiro atoms. The van der Waals surface area contributed by atoms with E-state index in [4.69, 9.17) is 10.5 Å². The van der Waals surface area contributed by atoms with Crippen molar-refractivity contribution in [1.82, 2.24) is 19.5 Å².